The van der Waals surface area contributed by atoms with Gasteiger partial charge < -0.3 is 14.5 Å². The van der Waals surface area contributed by atoms with Gasteiger partial charge in [0, 0.05) is 28.9 Å². The van der Waals surface area contributed by atoms with Gasteiger partial charge >= 0.3 is 0 Å². The molecular weight excluding hydrogens is 657 g/mol. The zero-order valence-corrected chi connectivity index (χ0v) is 29.6. The van der Waals surface area contributed by atoms with E-state index in [1.807, 2.05) is 24.4 Å². The molecule has 1 heterocycles. The molecule has 1 aliphatic carbocycles. The molecule has 0 saturated heterocycles. The molecule has 0 unspecified atom stereocenters. The van der Waals surface area contributed by atoms with Gasteiger partial charge in [-0.2, -0.15) is 0 Å². The van der Waals surface area contributed by atoms with Gasteiger partial charge in [-0.05, 0) is 105 Å². The van der Waals surface area contributed by atoms with E-state index < -0.39 is 5.41 Å². The second-order valence-corrected chi connectivity index (χ2v) is 13.8. The number of rotatable bonds is 7. The Morgan fingerprint density at radius 3 is 1.67 bits per heavy atom. The molecule has 8 aromatic carbocycles. The van der Waals surface area contributed by atoms with E-state index >= 15 is 0 Å². The number of anilines is 5. The van der Waals surface area contributed by atoms with Crippen LogP contribution in [0.25, 0.3) is 22.3 Å². The molecule has 3 nitrogen and oxygen atoms in total. The maximum absolute atomic E-state index is 5.72. The van der Waals surface area contributed by atoms with Gasteiger partial charge in [0.05, 0.1) is 11.1 Å². The van der Waals surface area contributed by atoms with E-state index in [-0.39, 0.29) is 0 Å². The van der Waals surface area contributed by atoms with Gasteiger partial charge in [0.2, 0.25) is 0 Å². The molecule has 0 bridgehead atoms. The average molecular weight is 693 g/mol. The van der Waals surface area contributed by atoms with Crippen molar-refractivity contribution >= 4 is 28.4 Å². The van der Waals surface area contributed by atoms with E-state index in [2.05, 4.69) is 198 Å². The fraction of sp³-hybridized carbons (Fsp3) is 0.0196. The molecule has 2 aliphatic rings. The second kappa shape index (κ2) is 13.1. The minimum atomic E-state index is -0.470. The maximum atomic E-state index is 5.72. The number of hydrogen-bond donors (Lipinski definition) is 0. The number of benzene rings is 8. The van der Waals surface area contributed by atoms with Gasteiger partial charge in [0.1, 0.15) is 6.26 Å². The fourth-order valence-corrected chi connectivity index (χ4v) is 8.44. The van der Waals surface area contributed by atoms with Crippen LogP contribution in [0.1, 0.15) is 22.3 Å². The summed E-state index contributed by atoms with van der Waals surface area (Å²) in [5, 5.41) is 0. The minimum absolute atomic E-state index is 0.470. The van der Waals surface area contributed by atoms with Crippen molar-refractivity contribution in [3.8, 4) is 28.0 Å². The first-order valence-corrected chi connectivity index (χ1v) is 18.4. The van der Waals surface area contributed by atoms with E-state index in [1.165, 1.54) is 33.4 Å². The van der Waals surface area contributed by atoms with E-state index in [4.69, 9.17) is 4.74 Å². The number of nitrogens with zero attached hydrogens (tertiary/aromatic N) is 2. The van der Waals surface area contributed by atoms with E-state index in [0.717, 1.165) is 45.3 Å². The molecule has 0 fully saturated rings. The lowest BCUT2D eigenvalue weighted by atomic mass is 9.67. The molecule has 0 aromatic heterocycles. The summed E-state index contributed by atoms with van der Waals surface area (Å²) in [6, 6.07) is 74.4. The summed E-state index contributed by atoms with van der Waals surface area (Å²) < 4.78 is 5.72. The van der Waals surface area contributed by atoms with Crippen molar-refractivity contribution in [2.75, 3.05) is 9.80 Å². The van der Waals surface area contributed by atoms with Gasteiger partial charge in [-0.1, -0.05) is 146 Å². The minimum Gasteiger partial charge on any atom is -0.461 e. The number of para-hydroxylation sites is 3. The van der Waals surface area contributed by atoms with Crippen LogP contribution in [-0.4, -0.2) is 0 Å². The summed E-state index contributed by atoms with van der Waals surface area (Å²) in [6.07, 6.45) is 3.70. The van der Waals surface area contributed by atoms with Gasteiger partial charge in [0.15, 0.2) is 5.75 Å². The highest BCUT2D eigenvalue weighted by Crippen LogP contribution is 2.57. The molecule has 0 atom stereocenters. The molecule has 256 valence electrons. The highest BCUT2D eigenvalue weighted by Gasteiger charge is 2.46. The quantitative estimate of drug-likeness (QED) is 0.165. The van der Waals surface area contributed by atoms with Crippen LogP contribution in [0.2, 0.25) is 0 Å². The molecule has 8 aromatic rings. The Bertz CT molecular complexity index is 2580. The number of hydrogen-bond acceptors (Lipinski definition) is 3. The fourth-order valence-electron chi connectivity index (χ4n) is 8.44. The molecule has 0 radical (unpaired) electrons. The van der Waals surface area contributed by atoms with Crippen LogP contribution in [0.15, 0.2) is 219 Å². The van der Waals surface area contributed by atoms with Crippen LogP contribution in [0.5, 0.6) is 5.75 Å². The van der Waals surface area contributed by atoms with Crippen LogP contribution < -0.4 is 14.5 Å². The van der Waals surface area contributed by atoms with Crippen LogP contribution in [0, 0.1) is 0 Å². The summed E-state index contributed by atoms with van der Waals surface area (Å²) in [5.74, 6) is 0.848. The van der Waals surface area contributed by atoms with E-state index in [1.54, 1.807) is 6.26 Å². The second-order valence-electron chi connectivity index (χ2n) is 13.8. The first-order chi connectivity index (χ1) is 26.8. The largest absolute Gasteiger partial charge is 0.461 e. The molecule has 0 saturated carbocycles. The van der Waals surface area contributed by atoms with Crippen molar-refractivity contribution in [2.45, 2.75) is 5.41 Å². The van der Waals surface area contributed by atoms with Crippen molar-refractivity contribution in [2.24, 2.45) is 0 Å². The third-order valence-corrected chi connectivity index (χ3v) is 10.8. The molecule has 0 amide bonds. The van der Waals surface area contributed by atoms with Crippen molar-refractivity contribution in [1.82, 2.24) is 0 Å². The topological polar surface area (TPSA) is 15.7 Å². The van der Waals surface area contributed by atoms with Crippen molar-refractivity contribution in [1.29, 1.82) is 0 Å². The molecular formula is C51H36N2O. The Morgan fingerprint density at radius 2 is 0.963 bits per heavy atom. The first kappa shape index (κ1) is 31.6. The summed E-state index contributed by atoms with van der Waals surface area (Å²) in [5.41, 5.74) is 14.9. The molecule has 54 heavy (non-hydrogen) atoms. The lowest BCUT2D eigenvalue weighted by molar-refractivity contribution is 0.473. The monoisotopic (exact) mass is 692 g/mol. The summed E-state index contributed by atoms with van der Waals surface area (Å²) in [6.45, 7) is 0. The highest BCUT2D eigenvalue weighted by molar-refractivity contribution is 5.89. The summed E-state index contributed by atoms with van der Waals surface area (Å²) in [7, 11) is 0. The highest BCUT2D eigenvalue weighted by atomic mass is 16.5. The Balaban J connectivity index is 1.06. The lowest BCUT2D eigenvalue weighted by Crippen LogP contribution is -2.28. The number of ether oxygens (including phenoxy) is 1. The Morgan fingerprint density at radius 1 is 0.426 bits per heavy atom. The van der Waals surface area contributed by atoms with Gasteiger partial charge in [-0.15, -0.1) is 0 Å². The lowest BCUT2D eigenvalue weighted by Gasteiger charge is -2.35. The van der Waals surface area contributed by atoms with Crippen molar-refractivity contribution in [3.63, 3.8) is 0 Å². The molecule has 1 aliphatic heterocycles. The molecule has 0 N–H and O–H groups in total. The van der Waals surface area contributed by atoms with Crippen LogP contribution in [0.3, 0.4) is 0 Å². The standard InChI is InChI=1S/C51H36N2O/c1-4-14-39(15-5-1)51(40-16-6-2-7-17-40)47-21-11-10-20-45(47)46-33-32-44(36-48(46)51)53(42-18-8-3-9-19-42)43-30-26-38(27-31-43)37-24-28-41(29-25-37)52-34-35-54-50-23-13-12-22-49(50)52/h1-36H. The molecule has 0 spiro atoms. The molecule has 10 rings (SSSR count). The smallest absolute Gasteiger partial charge is 0.150 e. The number of fused-ring (bicyclic) bond motifs is 4. The van der Waals surface area contributed by atoms with Crippen LogP contribution in [0.4, 0.5) is 28.4 Å². The third kappa shape index (κ3) is 5.13. The maximum Gasteiger partial charge on any atom is 0.150 e. The predicted molar refractivity (Wildman–Crippen MR) is 222 cm³/mol. The van der Waals surface area contributed by atoms with Gasteiger partial charge in [0.25, 0.3) is 0 Å². The SMILES string of the molecule is C1=CN(c2ccc(-c3ccc(N(c4ccccc4)c4ccc5c(c4)C(c4ccccc4)(c4ccccc4)c4ccccc4-5)cc3)cc2)c2ccccc2O1. The Kier molecular flexibility index (Phi) is 7.70. The first-order valence-electron chi connectivity index (χ1n) is 18.4. The van der Waals surface area contributed by atoms with E-state index in [0.29, 0.717) is 0 Å². The Labute approximate surface area is 316 Å². The van der Waals surface area contributed by atoms with Gasteiger partial charge in [-0.25, -0.2) is 0 Å². The zero-order valence-electron chi connectivity index (χ0n) is 29.6. The zero-order chi connectivity index (χ0) is 35.9. The third-order valence-electron chi connectivity index (χ3n) is 10.8. The Hall–Kier alpha value is -7.10. The molecule has 3 heteroatoms. The predicted octanol–water partition coefficient (Wildman–Crippen LogP) is 13.2. The normalized spacial score (nSPS) is 13.4. The van der Waals surface area contributed by atoms with Crippen molar-refractivity contribution < 1.29 is 4.74 Å². The average Bonchev–Trinajstić information content (AvgIpc) is 3.55. The van der Waals surface area contributed by atoms with Crippen LogP contribution in [-0.2, 0) is 5.41 Å². The van der Waals surface area contributed by atoms with Gasteiger partial charge in [-0.3, -0.25) is 0 Å². The summed E-state index contributed by atoms with van der Waals surface area (Å²) in [4.78, 5) is 4.53. The van der Waals surface area contributed by atoms with E-state index in [9.17, 15) is 0 Å². The van der Waals surface area contributed by atoms with Crippen molar-refractivity contribution in [3.05, 3.63) is 241 Å². The summed E-state index contributed by atoms with van der Waals surface area (Å²) >= 11 is 0. The van der Waals surface area contributed by atoms with Crippen LogP contribution >= 0.6 is 0 Å².